The van der Waals surface area contributed by atoms with E-state index in [1.807, 2.05) is 24.3 Å². The van der Waals surface area contributed by atoms with E-state index in [0.717, 1.165) is 12.0 Å². The van der Waals surface area contributed by atoms with E-state index in [4.69, 9.17) is 17.3 Å². The van der Waals surface area contributed by atoms with E-state index >= 15 is 0 Å². The Morgan fingerprint density at radius 3 is 2.72 bits per heavy atom. The first-order valence-corrected chi connectivity index (χ1v) is 8.33. The quantitative estimate of drug-likeness (QED) is 0.838. The molecule has 0 aliphatic heterocycles. The summed E-state index contributed by atoms with van der Waals surface area (Å²) in [5, 5.41) is 0.702. The molecule has 0 aliphatic rings. The minimum absolute atomic E-state index is 0.0180. The molecule has 1 unspecified atom stereocenters. The molecule has 0 aliphatic carbocycles. The Morgan fingerprint density at radius 1 is 1.39 bits per heavy atom. The Kier molecular flexibility index (Phi) is 6.12. The molecule has 1 atom stereocenters. The second-order valence-electron chi connectivity index (χ2n) is 4.47. The van der Waals surface area contributed by atoms with Crippen LogP contribution in [0.15, 0.2) is 24.3 Å². The molecule has 18 heavy (non-hydrogen) atoms. The summed E-state index contributed by atoms with van der Waals surface area (Å²) in [5.74, 6) is 0.434. The Hall–Kier alpha value is -0.580. The highest BCUT2D eigenvalue weighted by Crippen LogP contribution is 2.13. The molecule has 0 amide bonds. The second-order valence-corrected chi connectivity index (χ2v) is 7.38. The lowest BCUT2D eigenvalue weighted by Crippen LogP contribution is -2.24. The minimum atomic E-state index is -2.87. The van der Waals surface area contributed by atoms with Crippen LogP contribution in [0.5, 0.6) is 0 Å². The van der Waals surface area contributed by atoms with Gasteiger partial charge in [0.05, 0.1) is 5.75 Å². The van der Waals surface area contributed by atoms with Crippen molar-refractivity contribution >= 4 is 21.4 Å². The maximum absolute atomic E-state index is 11.3. The zero-order valence-electron chi connectivity index (χ0n) is 10.6. The second kappa shape index (κ2) is 7.12. The Bertz CT molecular complexity index is 474. The van der Waals surface area contributed by atoms with Crippen molar-refractivity contribution < 1.29 is 8.42 Å². The third-order valence-electron chi connectivity index (χ3n) is 2.86. The standard InChI is InChI=1S/C13H20ClNO2S/c1-2-18(16,17)8-4-7-13(15)10-11-5-3-6-12(14)9-11/h3,5-6,9,13H,2,4,7-8,10,15H2,1H3. The van der Waals surface area contributed by atoms with Gasteiger partial charge in [-0.1, -0.05) is 30.7 Å². The lowest BCUT2D eigenvalue weighted by molar-refractivity contribution is 0.574. The van der Waals surface area contributed by atoms with Crippen molar-refractivity contribution in [2.45, 2.75) is 32.2 Å². The normalized spacial score (nSPS) is 13.5. The molecule has 0 saturated heterocycles. The SMILES string of the molecule is CCS(=O)(=O)CCCC(N)Cc1cccc(Cl)c1. The number of sulfone groups is 1. The molecular formula is C13H20ClNO2S. The van der Waals surface area contributed by atoms with Gasteiger partial charge in [-0.2, -0.15) is 0 Å². The average molecular weight is 290 g/mol. The number of rotatable bonds is 7. The van der Waals surface area contributed by atoms with Crippen LogP contribution in [-0.2, 0) is 16.3 Å². The molecule has 0 bridgehead atoms. The lowest BCUT2D eigenvalue weighted by Gasteiger charge is -2.11. The summed E-state index contributed by atoms with van der Waals surface area (Å²) >= 11 is 5.89. The van der Waals surface area contributed by atoms with Crippen LogP contribution in [0.25, 0.3) is 0 Å². The van der Waals surface area contributed by atoms with Crippen LogP contribution < -0.4 is 5.73 Å². The van der Waals surface area contributed by atoms with Crippen molar-refractivity contribution in [3.05, 3.63) is 34.9 Å². The highest BCUT2D eigenvalue weighted by atomic mass is 35.5. The zero-order valence-corrected chi connectivity index (χ0v) is 12.2. The number of nitrogens with two attached hydrogens (primary N) is 1. The number of benzene rings is 1. The summed E-state index contributed by atoms with van der Waals surface area (Å²) in [6.45, 7) is 1.67. The zero-order chi connectivity index (χ0) is 13.6. The third kappa shape index (κ3) is 5.85. The summed E-state index contributed by atoms with van der Waals surface area (Å²) in [5.41, 5.74) is 7.08. The van der Waals surface area contributed by atoms with Crippen LogP contribution in [0, 0.1) is 0 Å². The van der Waals surface area contributed by atoms with Crippen LogP contribution in [0.2, 0.25) is 5.02 Å². The van der Waals surface area contributed by atoms with Crippen LogP contribution >= 0.6 is 11.6 Å². The molecule has 0 spiro atoms. The maximum atomic E-state index is 11.3. The van der Waals surface area contributed by atoms with E-state index in [1.54, 1.807) is 6.92 Å². The Labute approximate surface area is 114 Å². The summed E-state index contributed by atoms with van der Waals surface area (Å²) in [6, 6.07) is 7.57. The molecule has 1 aromatic carbocycles. The van der Waals surface area contributed by atoms with E-state index in [0.29, 0.717) is 17.9 Å². The summed E-state index contributed by atoms with van der Waals surface area (Å²) in [4.78, 5) is 0. The van der Waals surface area contributed by atoms with Gasteiger partial charge in [0.2, 0.25) is 0 Å². The van der Waals surface area contributed by atoms with Crippen LogP contribution in [-0.4, -0.2) is 26.0 Å². The van der Waals surface area contributed by atoms with Crippen molar-refractivity contribution in [1.29, 1.82) is 0 Å². The molecule has 102 valence electrons. The minimum Gasteiger partial charge on any atom is -0.327 e. The number of hydrogen-bond acceptors (Lipinski definition) is 3. The van der Waals surface area contributed by atoms with Crippen LogP contribution in [0.1, 0.15) is 25.3 Å². The predicted molar refractivity (Wildman–Crippen MR) is 76.7 cm³/mol. The lowest BCUT2D eigenvalue weighted by atomic mass is 10.0. The number of hydrogen-bond donors (Lipinski definition) is 1. The Balaban J connectivity index is 2.36. The van der Waals surface area contributed by atoms with Crippen molar-refractivity contribution in [1.82, 2.24) is 0 Å². The molecule has 3 nitrogen and oxygen atoms in total. The molecule has 0 radical (unpaired) electrons. The maximum Gasteiger partial charge on any atom is 0.150 e. The topological polar surface area (TPSA) is 60.2 Å². The van der Waals surface area contributed by atoms with E-state index in [2.05, 4.69) is 0 Å². The van der Waals surface area contributed by atoms with Gasteiger partial charge in [-0.15, -0.1) is 0 Å². The molecule has 0 saturated carbocycles. The van der Waals surface area contributed by atoms with Crippen molar-refractivity contribution in [2.75, 3.05) is 11.5 Å². The van der Waals surface area contributed by atoms with Crippen LogP contribution in [0.3, 0.4) is 0 Å². The fourth-order valence-corrected chi connectivity index (χ4v) is 2.89. The van der Waals surface area contributed by atoms with Gasteiger partial charge in [-0.05, 0) is 37.0 Å². The first-order chi connectivity index (χ1) is 8.43. The Morgan fingerprint density at radius 2 is 2.11 bits per heavy atom. The van der Waals surface area contributed by atoms with E-state index < -0.39 is 9.84 Å². The van der Waals surface area contributed by atoms with Crippen molar-refractivity contribution in [2.24, 2.45) is 5.73 Å². The highest BCUT2D eigenvalue weighted by molar-refractivity contribution is 7.91. The summed E-state index contributed by atoms with van der Waals surface area (Å²) in [6.07, 6.45) is 2.07. The summed E-state index contributed by atoms with van der Waals surface area (Å²) < 4.78 is 22.7. The van der Waals surface area contributed by atoms with Gasteiger partial charge in [0.25, 0.3) is 0 Å². The smallest absolute Gasteiger partial charge is 0.150 e. The summed E-state index contributed by atoms with van der Waals surface area (Å²) in [7, 11) is -2.87. The molecule has 2 N–H and O–H groups in total. The third-order valence-corrected chi connectivity index (χ3v) is 4.88. The van der Waals surface area contributed by atoms with E-state index in [1.165, 1.54) is 0 Å². The average Bonchev–Trinajstić information content (AvgIpc) is 2.28. The fraction of sp³-hybridized carbons (Fsp3) is 0.538. The van der Waals surface area contributed by atoms with E-state index in [9.17, 15) is 8.42 Å². The predicted octanol–water partition coefficient (Wildman–Crippen LogP) is 2.42. The fourth-order valence-electron chi connectivity index (χ4n) is 1.78. The number of halogens is 1. The molecular weight excluding hydrogens is 270 g/mol. The van der Waals surface area contributed by atoms with Gasteiger partial charge in [-0.25, -0.2) is 8.42 Å². The molecule has 0 heterocycles. The molecule has 0 aromatic heterocycles. The first kappa shape index (κ1) is 15.5. The molecule has 1 rings (SSSR count). The van der Waals surface area contributed by atoms with Gasteiger partial charge in [0, 0.05) is 16.8 Å². The molecule has 0 fully saturated rings. The molecule has 5 heteroatoms. The van der Waals surface area contributed by atoms with Gasteiger partial charge in [0.15, 0.2) is 0 Å². The van der Waals surface area contributed by atoms with Gasteiger partial charge < -0.3 is 5.73 Å². The first-order valence-electron chi connectivity index (χ1n) is 6.13. The van der Waals surface area contributed by atoms with Crippen molar-refractivity contribution in [3.8, 4) is 0 Å². The molecule has 1 aromatic rings. The monoisotopic (exact) mass is 289 g/mol. The van der Waals surface area contributed by atoms with Gasteiger partial charge in [0.1, 0.15) is 9.84 Å². The largest absolute Gasteiger partial charge is 0.327 e. The van der Waals surface area contributed by atoms with Gasteiger partial charge >= 0.3 is 0 Å². The highest BCUT2D eigenvalue weighted by Gasteiger charge is 2.10. The van der Waals surface area contributed by atoms with Gasteiger partial charge in [-0.3, -0.25) is 0 Å². The van der Waals surface area contributed by atoms with Crippen molar-refractivity contribution in [3.63, 3.8) is 0 Å². The van der Waals surface area contributed by atoms with Crippen LogP contribution in [0.4, 0.5) is 0 Å². The van der Waals surface area contributed by atoms with E-state index in [-0.39, 0.29) is 17.5 Å².